The molecule has 0 amide bonds. The first-order valence-electron chi connectivity index (χ1n) is 7.25. The molecule has 0 N–H and O–H groups in total. The van der Waals surface area contributed by atoms with Gasteiger partial charge < -0.3 is 9.64 Å². The number of halogens is 2. The fourth-order valence-corrected chi connectivity index (χ4v) is 2.94. The smallest absolute Gasteiger partial charge is 0.151 e. The van der Waals surface area contributed by atoms with Crippen LogP contribution in [0.5, 0.6) is 0 Å². The van der Waals surface area contributed by atoms with Gasteiger partial charge in [-0.3, -0.25) is 4.90 Å². The number of hydrogen-bond donors (Lipinski definition) is 0. The average Bonchev–Trinajstić information content (AvgIpc) is 2.53. The van der Waals surface area contributed by atoms with E-state index in [4.69, 9.17) is 16.3 Å². The fourth-order valence-electron chi connectivity index (χ4n) is 2.73. The summed E-state index contributed by atoms with van der Waals surface area (Å²) in [4.78, 5) is 12.9. The molecule has 1 aliphatic rings. The molecular weight excluding hydrogens is 307 g/mol. The van der Waals surface area contributed by atoms with Gasteiger partial charge in [-0.05, 0) is 12.1 Å². The van der Waals surface area contributed by atoms with Crippen LogP contribution in [0.15, 0.2) is 18.5 Å². The lowest BCUT2D eigenvalue weighted by atomic mass is 10.2. The first-order chi connectivity index (χ1) is 10.7. The van der Waals surface area contributed by atoms with Crippen molar-refractivity contribution >= 4 is 28.3 Å². The van der Waals surface area contributed by atoms with E-state index in [-0.39, 0.29) is 0 Å². The van der Waals surface area contributed by atoms with Crippen molar-refractivity contribution in [2.75, 3.05) is 51.3 Å². The molecule has 0 bridgehead atoms. The Morgan fingerprint density at radius 2 is 2.00 bits per heavy atom. The quantitative estimate of drug-likeness (QED) is 0.862. The molecule has 0 unspecified atom stereocenters. The van der Waals surface area contributed by atoms with Gasteiger partial charge in [-0.2, -0.15) is 0 Å². The Bertz CT molecular complexity index is 661. The summed E-state index contributed by atoms with van der Waals surface area (Å²) < 4.78 is 19.1. The van der Waals surface area contributed by atoms with Gasteiger partial charge in [0.25, 0.3) is 0 Å². The highest BCUT2D eigenvalue weighted by Gasteiger charge is 2.20. The summed E-state index contributed by atoms with van der Waals surface area (Å²) in [5.41, 5.74) is 0.316. The average molecular weight is 325 g/mol. The molecule has 2 heterocycles. The first kappa shape index (κ1) is 15.4. The van der Waals surface area contributed by atoms with E-state index in [2.05, 4.69) is 19.8 Å². The fraction of sp³-hybridized carbons (Fsp3) is 0.467. The molecule has 22 heavy (non-hydrogen) atoms. The molecule has 0 radical (unpaired) electrons. The standard InChI is InChI=1S/C15H18ClFN4O/c1-22-7-6-20-2-4-21(5-3-20)15-12-8-11(16)9-13(17)14(12)18-10-19-15/h8-10H,2-7H2,1H3. The van der Waals surface area contributed by atoms with Gasteiger partial charge in [-0.1, -0.05) is 11.6 Å². The van der Waals surface area contributed by atoms with Gasteiger partial charge in [0.1, 0.15) is 17.7 Å². The second kappa shape index (κ2) is 6.73. The molecule has 118 valence electrons. The van der Waals surface area contributed by atoms with E-state index < -0.39 is 5.82 Å². The van der Waals surface area contributed by atoms with Crippen LogP contribution in [-0.4, -0.2) is 61.3 Å². The van der Waals surface area contributed by atoms with Crippen molar-refractivity contribution in [2.24, 2.45) is 0 Å². The molecule has 0 saturated carbocycles. The van der Waals surface area contributed by atoms with E-state index in [1.165, 1.54) is 12.4 Å². The molecule has 2 aromatic rings. The highest BCUT2D eigenvalue weighted by Crippen LogP contribution is 2.28. The third-order valence-electron chi connectivity index (χ3n) is 3.92. The molecule has 0 spiro atoms. The minimum absolute atomic E-state index is 0.316. The summed E-state index contributed by atoms with van der Waals surface area (Å²) in [5.74, 6) is 0.336. The highest BCUT2D eigenvalue weighted by molar-refractivity contribution is 6.31. The van der Waals surface area contributed by atoms with Crippen LogP contribution < -0.4 is 4.90 Å². The number of fused-ring (bicyclic) bond motifs is 1. The summed E-state index contributed by atoms with van der Waals surface area (Å²) >= 11 is 5.98. The molecule has 1 aliphatic heterocycles. The van der Waals surface area contributed by atoms with Crippen molar-refractivity contribution in [1.82, 2.24) is 14.9 Å². The zero-order valence-corrected chi connectivity index (χ0v) is 13.2. The van der Waals surface area contributed by atoms with Gasteiger partial charge in [0.15, 0.2) is 5.82 Å². The Morgan fingerprint density at radius 1 is 1.23 bits per heavy atom. The lowest BCUT2D eigenvalue weighted by Crippen LogP contribution is -2.47. The predicted molar refractivity (Wildman–Crippen MR) is 85.0 cm³/mol. The minimum Gasteiger partial charge on any atom is -0.383 e. The third-order valence-corrected chi connectivity index (χ3v) is 4.14. The van der Waals surface area contributed by atoms with Gasteiger partial charge in [-0.25, -0.2) is 14.4 Å². The van der Waals surface area contributed by atoms with Crippen molar-refractivity contribution in [1.29, 1.82) is 0 Å². The first-order valence-corrected chi connectivity index (χ1v) is 7.63. The van der Waals surface area contributed by atoms with Crippen LogP contribution in [0.3, 0.4) is 0 Å². The van der Waals surface area contributed by atoms with Gasteiger partial charge in [0.05, 0.1) is 6.61 Å². The van der Waals surface area contributed by atoms with Gasteiger partial charge in [0.2, 0.25) is 0 Å². The zero-order chi connectivity index (χ0) is 15.5. The largest absolute Gasteiger partial charge is 0.383 e. The molecule has 0 aliphatic carbocycles. The molecule has 5 nitrogen and oxygen atoms in total. The lowest BCUT2D eigenvalue weighted by Gasteiger charge is -2.35. The summed E-state index contributed by atoms with van der Waals surface area (Å²) in [5, 5.41) is 1.03. The van der Waals surface area contributed by atoms with E-state index in [1.54, 1.807) is 13.2 Å². The number of aromatic nitrogens is 2. The van der Waals surface area contributed by atoms with Gasteiger partial charge >= 0.3 is 0 Å². The van der Waals surface area contributed by atoms with E-state index in [0.29, 0.717) is 15.9 Å². The molecule has 1 aromatic heterocycles. The Hall–Kier alpha value is -1.50. The topological polar surface area (TPSA) is 41.5 Å². The Balaban J connectivity index is 1.83. The molecule has 1 saturated heterocycles. The van der Waals surface area contributed by atoms with Crippen LogP contribution in [0.1, 0.15) is 0 Å². The van der Waals surface area contributed by atoms with Crippen molar-refractivity contribution in [3.8, 4) is 0 Å². The van der Waals surface area contributed by atoms with Crippen LogP contribution in [0.2, 0.25) is 5.02 Å². The summed E-state index contributed by atoms with van der Waals surface area (Å²) in [7, 11) is 1.71. The van der Waals surface area contributed by atoms with Crippen LogP contribution in [0, 0.1) is 5.82 Å². The number of rotatable bonds is 4. The molecular formula is C15H18ClFN4O. The monoisotopic (exact) mass is 324 g/mol. The van der Waals surface area contributed by atoms with E-state index in [0.717, 1.165) is 45.1 Å². The number of anilines is 1. The minimum atomic E-state index is -0.412. The Labute approximate surface area is 133 Å². The van der Waals surface area contributed by atoms with Crippen molar-refractivity contribution in [3.63, 3.8) is 0 Å². The molecule has 7 heteroatoms. The molecule has 3 rings (SSSR count). The molecule has 1 aromatic carbocycles. The van der Waals surface area contributed by atoms with Crippen LogP contribution in [0.25, 0.3) is 10.9 Å². The molecule has 1 fully saturated rings. The van der Waals surface area contributed by atoms with E-state index in [1.807, 2.05) is 0 Å². The number of piperazine rings is 1. The number of ether oxygens (including phenoxy) is 1. The predicted octanol–water partition coefficient (Wildman–Crippen LogP) is 2.19. The number of benzene rings is 1. The zero-order valence-electron chi connectivity index (χ0n) is 12.4. The van der Waals surface area contributed by atoms with Gasteiger partial charge in [-0.15, -0.1) is 0 Å². The summed E-state index contributed by atoms with van der Waals surface area (Å²) in [6.07, 6.45) is 1.41. The van der Waals surface area contributed by atoms with Gasteiger partial charge in [0, 0.05) is 50.2 Å². The lowest BCUT2D eigenvalue weighted by molar-refractivity contribution is 0.144. The summed E-state index contributed by atoms with van der Waals surface area (Å²) in [6.45, 7) is 5.19. The Kier molecular flexibility index (Phi) is 4.71. The van der Waals surface area contributed by atoms with Crippen LogP contribution in [0.4, 0.5) is 10.2 Å². The van der Waals surface area contributed by atoms with Crippen molar-refractivity contribution < 1.29 is 9.13 Å². The van der Waals surface area contributed by atoms with Crippen molar-refractivity contribution in [2.45, 2.75) is 0 Å². The van der Waals surface area contributed by atoms with Crippen molar-refractivity contribution in [3.05, 3.63) is 29.3 Å². The number of nitrogens with zero attached hydrogens (tertiary/aromatic N) is 4. The highest BCUT2D eigenvalue weighted by atomic mass is 35.5. The van der Waals surface area contributed by atoms with E-state index in [9.17, 15) is 4.39 Å². The maximum atomic E-state index is 14.0. The number of hydrogen-bond acceptors (Lipinski definition) is 5. The second-order valence-electron chi connectivity index (χ2n) is 5.30. The normalized spacial score (nSPS) is 16.4. The third kappa shape index (κ3) is 3.14. The maximum absolute atomic E-state index is 14.0. The Morgan fingerprint density at radius 3 is 2.73 bits per heavy atom. The SMILES string of the molecule is COCCN1CCN(c2ncnc3c(F)cc(Cl)cc23)CC1. The second-order valence-corrected chi connectivity index (χ2v) is 5.74. The van der Waals surface area contributed by atoms with Crippen LogP contribution in [-0.2, 0) is 4.74 Å². The number of methoxy groups -OCH3 is 1. The summed E-state index contributed by atoms with van der Waals surface area (Å²) in [6, 6.07) is 3.01. The molecule has 0 atom stereocenters. The van der Waals surface area contributed by atoms with Crippen LogP contribution >= 0.6 is 11.6 Å². The maximum Gasteiger partial charge on any atom is 0.151 e. The van der Waals surface area contributed by atoms with E-state index >= 15 is 0 Å².